The van der Waals surface area contributed by atoms with Gasteiger partial charge in [-0.2, -0.15) is 0 Å². The lowest BCUT2D eigenvalue weighted by Crippen LogP contribution is -2.51. The number of hydrogen-bond donors (Lipinski definition) is 0. The van der Waals surface area contributed by atoms with E-state index in [1.54, 1.807) is 13.2 Å². The maximum atomic E-state index is 12.3. The fourth-order valence-corrected chi connectivity index (χ4v) is 3.66. The molecule has 0 heterocycles. The number of carbonyl (C=O) groups is 1. The molecule has 0 aliphatic heterocycles. The number of rotatable bonds is 10. The van der Waals surface area contributed by atoms with Crippen LogP contribution in [0.5, 0.6) is 0 Å². The molecular weight excluding hydrogens is 344 g/mol. The second kappa shape index (κ2) is 9.60. The minimum atomic E-state index is -2.05. The standard InChI is InChI=1S/C21H34O4Si/c1-9-18(25-26(7,8)21(3,4)5)20(23-6)19(16(2)22)24-15-17-13-11-10-12-14-17/h9-14,18-20H,1,15H2,2-8H3/t18-,19+,20+/m1/s1. The maximum absolute atomic E-state index is 12.3. The van der Waals surface area contributed by atoms with Crippen LogP contribution in [0.3, 0.4) is 0 Å². The third kappa shape index (κ3) is 6.16. The second-order valence-corrected chi connectivity index (χ2v) is 12.9. The van der Waals surface area contributed by atoms with Gasteiger partial charge in [-0.25, -0.2) is 0 Å². The van der Waals surface area contributed by atoms with Crippen molar-refractivity contribution in [3.63, 3.8) is 0 Å². The Morgan fingerprint density at radius 3 is 2.23 bits per heavy atom. The molecule has 0 radical (unpaired) electrons. The molecule has 0 amide bonds. The molecule has 0 spiro atoms. The summed E-state index contributed by atoms with van der Waals surface area (Å²) in [7, 11) is -0.472. The number of carbonyl (C=O) groups excluding carboxylic acids is 1. The van der Waals surface area contributed by atoms with Gasteiger partial charge in [-0.15, -0.1) is 6.58 Å². The van der Waals surface area contributed by atoms with E-state index in [-0.39, 0.29) is 10.8 Å². The first kappa shape index (κ1) is 22.8. The van der Waals surface area contributed by atoms with Gasteiger partial charge in [0.15, 0.2) is 14.1 Å². The zero-order chi connectivity index (χ0) is 20.0. The predicted octanol–water partition coefficient (Wildman–Crippen LogP) is 4.75. The van der Waals surface area contributed by atoms with Gasteiger partial charge in [0.05, 0.1) is 12.7 Å². The van der Waals surface area contributed by atoms with Crippen LogP contribution in [0.2, 0.25) is 18.1 Å². The minimum absolute atomic E-state index is 0.0448. The van der Waals surface area contributed by atoms with Crippen molar-refractivity contribution in [3.05, 3.63) is 48.6 Å². The van der Waals surface area contributed by atoms with Gasteiger partial charge in [-0.05, 0) is 30.6 Å². The van der Waals surface area contributed by atoms with Crippen molar-refractivity contribution in [2.24, 2.45) is 0 Å². The molecule has 0 aromatic heterocycles. The van der Waals surface area contributed by atoms with E-state index in [0.29, 0.717) is 6.61 Å². The highest BCUT2D eigenvalue weighted by atomic mass is 28.4. The molecule has 5 heteroatoms. The molecule has 0 bridgehead atoms. The first-order valence-electron chi connectivity index (χ1n) is 9.02. The molecule has 0 unspecified atom stereocenters. The van der Waals surface area contributed by atoms with Crippen LogP contribution in [0.4, 0.5) is 0 Å². The van der Waals surface area contributed by atoms with Gasteiger partial charge in [0.1, 0.15) is 12.2 Å². The average Bonchev–Trinajstić information content (AvgIpc) is 2.56. The minimum Gasteiger partial charge on any atom is -0.408 e. The van der Waals surface area contributed by atoms with Gasteiger partial charge in [-0.3, -0.25) is 4.79 Å². The molecule has 0 saturated heterocycles. The molecule has 146 valence electrons. The largest absolute Gasteiger partial charge is 0.408 e. The lowest BCUT2D eigenvalue weighted by Gasteiger charge is -2.41. The van der Waals surface area contributed by atoms with Crippen molar-refractivity contribution in [2.45, 2.75) is 70.7 Å². The second-order valence-electron chi connectivity index (χ2n) is 8.11. The van der Waals surface area contributed by atoms with E-state index in [4.69, 9.17) is 13.9 Å². The number of ether oxygens (including phenoxy) is 2. The van der Waals surface area contributed by atoms with Crippen LogP contribution in [0.25, 0.3) is 0 Å². The average molecular weight is 379 g/mol. The van der Waals surface area contributed by atoms with Gasteiger partial charge in [0.25, 0.3) is 0 Å². The number of methoxy groups -OCH3 is 1. The Kier molecular flexibility index (Phi) is 8.41. The normalized spacial score (nSPS) is 16.0. The molecule has 0 aliphatic rings. The maximum Gasteiger partial charge on any atom is 0.193 e. The molecule has 1 aromatic carbocycles. The summed E-state index contributed by atoms with van der Waals surface area (Å²) in [6.07, 6.45) is 0.0533. The van der Waals surface area contributed by atoms with Crippen LogP contribution in [0.15, 0.2) is 43.0 Å². The summed E-state index contributed by atoms with van der Waals surface area (Å²) in [5, 5.41) is 0.0448. The zero-order valence-electron chi connectivity index (χ0n) is 17.2. The highest BCUT2D eigenvalue weighted by molar-refractivity contribution is 6.74. The summed E-state index contributed by atoms with van der Waals surface area (Å²) in [5.74, 6) is -0.0848. The molecule has 26 heavy (non-hydrogen) atoms. The molecule has 3 atom stereocenters. The van der Waals surface area contributed by atoms with Gasteiger partial charge in [-0.1, -0.05) is 57.2 Å². The number of ketones is 1. The summed E-state index contributed by atoms with van der Waals surface area (Å²) in [5.41, 5.74) is 1.01. The zero-order valence-corrected chi connectivity index (χ0v) is 18.2. The van der Waals surface area contributed by atoms with E-state index in [1.165, 1.54) is 6.92 Å². The van der Waals surface area contributed by atoms with Crippen LogP contribution < -0.4 is 0 Å². The van der Waals surface area contributed by atoms with Crippen molar-refractivity contribution in [2.75, 3.05) is 7.11 Å². The quantitative estimate of drug-likeness (QED) is 0.435. The van der Waals surface area contributed by atoms with E-state index in [2.05, 4.69) is 40.4 Å². The van der Waals surface area contributed by atoms with Gasteiger partial charge >= 0.3 is 0 Å². The van der Waals surface area contributed by atoms with E-state index < -0.39 is 26.6 Å². The van der Waals surface area contributed by atoms with Crippen molar-refractivity contribution >= 4 is 14.1 Å². The Morgan fingerprint density at radius 2 is 1.81 bits per heavy atom. The topological polar surface area (TPSA) is 44.8 Å². The summed E-state index contributed by atoms with van der Waals surface area (Å²) in [4.78, 5) is 12.3. The van der Waals surface area contributed by atoms with Crippen molar-refractivity contribution in [1.29, 1.82) is 0 Å². The van der Waals surface area contributed by atoms with E-state index in [0.717, 1.165) is 5.56 Å². The monoisotopic (exact) mass is 378 g/mol. The first-order valence-corrected chi connectivity index (χ1v) is 11.9. The summed E-state index contributed by atoms with van der Waals surface area (Å²) in [6.45, 7) is 16.6. The third-order valence-corrected chi connectivity index (χ3v) is 9.51. The molecule has 0 aliphatic carbocycles. The van der Waals surface area contributed by atoms with Crippen LogP contribution >= 0.6 is 0 Å². The fraction of sp³-hybridized carbons (Fsp3) is 0.571. The molecule has 4 nitrogen and oxygen atoms in total. The van der Waals surface area contributed by atoms with Gasteiger partial charge < -0.3 is 13.9 Å². The lowest BCUT2D eigenvalue weighted by molar-refractivity contribution is -0.146. The van der Waals surface area contributed by atoms with Gasteiger partial charge in [0, 0.05) is 7.11 Å². The fourth-order valence-electron chi connectivity index (χ4n) is 2.40. The Bertz CT molecular complexity index is 577. The molecule has 1 aromatic rings. The van der Waals surface area contributed by atoms with Gasteiger partial charge in [0.2, 0.25) is 0 Å². The number of benzene rings is 1. The lowest BCUT2D eigenvalue weighted by atomic mass is 10.0. The molecule has 0 N–H and O–H groups in total. The summed E-state index contributed by atoms with van der Waals surface area (Å²) < 4.78 is 18.0. The van der Waals surface area contributed by atoms with Crippen molar-refractivity contribution < 1.29 is 18.7 Å². The molecular formula is C21H34O4Si. The van der Waals surface area contributed by atoms with Crippen molar-refractivity contribution in [1.82, 2.24) is 0 Å². The Morgan fingerprint density at radius 1 is 1.23 bits per heavy atom. The number of hydrogen-bond acceptors (Lipinski definition) is 4. The summed E-state index contributed by atoms with van der Waals surface area (Å²) in [6, 6.07) is 9.78. The summed E-state index contributed by atoms with van der Waals surface area (Å²) >= 11 is 0. The molecule has 0 fully saturated rings. The van der Waals surface area contributed by atoms with E-state index in [1.807, 2.05) is 30.3 Å². The first-order chi connectivity index (χ1) is 12.0. The highest BCUT2D eigenvalue weighted by Gasteiger charge is 2.42. The van der Waals surface area contributed by atoms with Crippen LogP contribution in [-0.2, 0) is 25.3 Å². The molecule has 0 saturated carbocycles. The highest BCUT2D eigenvalue weighted by Crippen LogP contribution is 2.38. The number of Topliss-reactive ketones (excluding diaryl/α,β-unsaturated/α-hetero) is 1. The smallest absolute Gasteiger partial charge is 0.193 e. The SMILES string of the molecule is C=C[C@@H](O[Si](C)(C)C(C)(C)C)[C@H](OC)[C@@H](OCc1ccccc1)C(C)=O. The van der Waals surface area contributed by atoms with Crippen LogP contribution in [0.1, 0.15) is 33.3 Å². The van der Waals surface area contributed by atoms with E-state index in [9.17, 15) is 4.79 Å². The third-order valence-electron chi connectivity index (χ3n) is 5.04. The Balaban J connectivity index is 2.97. The predicted molar refractivity (Wildman–Crippen MR) is 109 cm³/mol. The molecule has 1 rings (SSSR count). The van der Waals surface area contributed by atoms with E-state index >= 15 is 0 Å². The Labute approximate surface area is 159 Å². The Hall–Kier alpha value is -1.27. The van der Waals surface area contributed by atoms with Crippen molar-refractivity contribution in [3.8, 4) is 0 Å². The van der Waals surface area contributed by atoms with Crippen LogP contribution in [-0.4, -0.2) is 39.5 Å². The van der Waals surface area contributed by atoms with Crippen LogP contribution in [0, 0.1) is 0 Å².